The minimum absolute atomic E-state index is 0.00210. The zero-order valence-electron chi connectivity index (χ0n) is 18.9. The second-order valence-corrected chi connectivity index (χ2v) is 9.46. The summed E-state index contributed by atoms with van der Waals surface area (Å²) in [4.78, 5) is 23.3. The number of H-pyrrole nitrogens is 1. The number of amides is 1. The number of benzene rings is 1. The number of alkyl halides is 5. The topological polar surface area (TPSA) is 137 Å². The largest absolute Gasteiger partial charge is 0.490 e. The van der Waals surface area contributed by atoms with Gasteiger partial charge in [-0.2, -0.15) is 27.1 Å². The van der Waals surface area contributed by atoms with Crippen LogP contribution in [0.1, 0.15) is 33.6 Å². The SMILES string of the molecule is O=C(O)C(F)(F)F.O=C(c1cn[nH]c1)N1CC(c2nnc(C(F)(F)c3ccc(Cl)c(Cl)c3)o2)C2(CNC2)C1. The first-order chi connectivity index (χ1) is 17.7. The number of hydrogen-bond acceptors (Lipinski definition) is 7. The quantitative estimate of drug-likeness (QED) is 0.396. The molecule has 1 atom stereocenters. The number of rotatable bonds is 4. The molecule has 2 fully saturated rings. The molecule has 17 heteroatoms. The zero-order chi connectivity index (χ0) is 27.9. The van der Waals surface area contributed by atoms with Crippen LogP contribution in [0.4, 0.5) is 22.0 Å². The molecule has 2 aliphatic heterocycles. The summed E-state index contributed by atoms with van der Waals surface area (Å²) in [6, 6.07) is 3.53. The van der Waals surface area contributed by atoms with Gasteiger partial charge in [-0.05, 0) is 12.1 Å². The van der Waals surface area contributed by atoms with Crippen LogP contribution in [0, 0.1) is 5.41 Å². The van der Waals surface area contributed by atoms with Crippen molar-refractivity contribution in [3.63, 3.8) is 0 Å². The molecule has 0 bridgehead atoms. The van der Waals surface area contributed by atoms with Gasteiger partial charge >= 0.3 is 18.1 Å². The Kier molecular flexibility index (Phi) is 7.38. The van der Waals surface area contributed by atoms with Crippen molar-refractivity contribution in [3.8, 4) is 0 Å². The van der Waals surface area contributed by atoms with E-state index in [1.807, 2.05) is 0 Å². The van der Waals surface area contributed by atoms with Gasteiger partial charge in [0.15, 0.2) is 0 Å². The second-order valence-electron chi connectivity index (χ2n) is 8.64. The Bertz CT molecular complexity index is 1330. The van der Waals surface area contributed by atoms with E-state index in [9.17, 15) is 26.7 Å². The molecule has 1 spiro atoms. The fourth-order valence-electron chi connectivity index (χ4n) is 4.14. The molecule has 2 aliphatic rings. The first-order valence-corrected chi connectivity index (χ1v) is 11.5. The summed E-state index contributed by atoms with van der Waals surface area (Å²) < 4.78 is 67.2. The highest BCUT2D eigenvalue weighted by atomic mass is 35.5. The highest BCUT2D eigenvalue weighted by molar-refractivity contribution is 6.42. The van der Waals surface area contributed by atoms with Crippen molar-refractivity contribution in [2.24, 2.45) is 5.41 Å². The number of nitrogens with zero attached hydrogens (tertiary/aromatic N) is 4. The van der Waals surface area contributed by atoms with Crippen LogP contribution in [0.25, 0.3) is 0 Å². The van der Waals surface area contributed by atoms with Crippen molar-refractivity contribution >= 4 is 35.1 Å². The van der Waals surface area contributed by atoms with E-state index in [4.69, 9.17) is 37.5 Å². The lowest BCUT2D eigenvalue weighted by atomic mass is 9.73. The minimum atomic E-state index is -5.08. The molecule has 2 aromatic heterocycles. The smallest absolute Gasteiger partial charge is 0.475 e. The first kappa shape index (κ1) is 27.7. The number of carbonyl (C=O) groups is 2. The lowest BCUT2D eigenvalue weighted by Crippen LogP contribution is -2.57. The van der Waals surface area contributed by atoms with E-state index in [2.05, 4.69) is 25.7 Å². The molecule has 4 heterocycles. The third-order valence-corrected chi connectivity index (χ3v) is 6.91. The summed E-state index contributed by atoms with van der Waals surface area (Å²) in [5, 5.41) is 24.5. The van der Waals surface area contributed by atoms with Gasteiger partial charge in [0.25, 0.3) is 11.8 Å². The lowest BCUT2D eigenvalue weighted by molar-refractivity contribution is -0.192. The van der Waals surface area contributed by atoms with Crippen LogP contribution in [-0.4, -0.2) is 74.6 Å². The number of carbonyl (C=O) groups excluding carboxylic acids is 1. The molecule has 204 valence electrons. The Labute approximate surface area is 220 Å². The van der Waals surface area contributed by atoms with Gasteiger partial charge in [-0.15, -0.1) is 10.2 Å². The van der Waals surface area contributed by atoms with Gasteiger partial charge in [0, 0.05) is 43.4 Å². The average molecular weight is 583 g/mol. The number of aromatic nitrogens is 4. The molecule has 38 heavy (non-hydrogen) atoms. The van der Waals surface area contributed by atoms with Crippen LogP contribution in [-0.2, 0) is 10.7 Å². The number of carboxylic acid groups (broad SMARTS) is 1. The van der Waals surface area contributed by atoms with E-state index >= 15 is 0 Å². The van der Waals surface area contributed by atoms with Crippen molar-refractivity contribution in [2.75, 3.05) is 26.2 Å². The molecule has 5 rings (SSSR count). The van der Waals surface area contributed by atoms with E-state index in [1.54, 1.807) is 4.90 Å². The van der Waals surface area contributed by atoms with Crippen LogP contribution in [0.3, 0.4) is 0 Å². The standard InChI is InChI=1S/C19H16Cl2F2N6O2.C2HF3O2/c20-13-2-1-11(3-14(13)21)19(22,23)17-28-27-15(31-17)12-6-29(9-18(12)7-24-8-18)16(30)10-4-25-26-5-10;3-2(4,5)1(6)7/h1-5,12,24H,6-9H2,(H,25,26);(H,6,7). The molecule has 0 radical (unpaired) electrons. The van der Waals surface area contributed by atoms with Crippen molar-refractivity contribution in [1.29, 1.82) is 0 Å². The van der Waals surface area contributed by atoms with Crippen LogP contribution in [0.2, 0.25) is 10.0 Å². The van der Waals surface area contributed by atoms with Gasteiger partial charge in [-0.25, -0.2) is 4.79 Å². The van der Waals surface area contributed by atoms with E-state index in [1.165, 1.54) is 18.5 Å². The molecule has 10 nitrogen and oxygen atoms in total. The van der Waals surface area contributed by atoms with Gasteiger partial charge in [-0.3, -0.25) is 9.89 Å². The third kappa shape index (κ3) is 5.31. The van der Waals surface area contributed by atoms with E-state index in [0.717, 1.165) is 12.1 Å². The molecular weight excluding hydrogens is 566 g/mol. The van der Waals surface area contributed by atoms with Gasteiger partial charge in [0.1, 0.15) is 0 Å². The number of hydrogen-bond donors (Lipinski definition) is 3. The number of aromatic amines is 1. The number of nitrogens with one attached hydrogen (secondary N) is 2. The number of halogens is 7. The van der Waals surface area contributed by atoms with Crippen LogP contribution >= 0.6 is 23.2 Å². The summed E-state index contributed by atoms with van der Waals surface area (Å²) in [6.45, 7) is 1.97. The summed E-state index contributed by atoms with van der Waals surface area (Å²) in [5.41, 5.74) is -0.317. The Morgan fingerprint density at radius 3 is 2.34 bits per heavy atom. The molecule has 3 aromatic rings. The zero-order valence-corrected chi connectivity index (χ0v) is 20.4. The van der Waals surface area contributed by atoms with Crippen molar-refractivity contribution in [3.05, 3.63) is 63.5 Å². The molecule has 1 aromatic carbocycles. The maximum atomic E-state index is 15.0. The van der Waals surface area contributed by atoms with Gasteiger partial charge in [0.05, 0.1) is 27.7 Å². The van der Waals surface area contributed by atoms with Gasteiger partial charge in [-0.1, -0.05) is 29.3 Å². The van der Waals surface area contributed by atoms with Crippen LogP contribution < -0.4 is 5.32 Å². The van der Waals surface area contributed by atoms with Gasteiger partial charge < -0.3 is 19.7 Å². The molecule has 1 amide bonds. The fourth-order valence-corrected chi connectivity index (χ4v) is 4.43. The molecule has 0 saturated carbocycles. The third-order valence-electron chi connectivity index (χ3n) is 6.17. The monoisotopic (exact) mass is 582 g/mol. The fraction of sp³-hybridized carbons (Fsp3) is 0.381. The summed E-state index contributed by atoms with van der Waals surface area (Å²) in [5.74, 6) is -7.61. The van der Waals surface area contributed by atoms with Crippen molar-refractivity contribution in [1.82, 2.24) is 30.6 Å². The van der Waals surface area contributed by atoms with E-state index in [-0.39, 0.29) is 39.7 Å². The Balaban J connectivity index is 0.000000426. The number of aliphatic carboxylic acids is 1. The highest BCUT2D eigenvalue weighted by Gasteiger charge is 2.55. The minimum Gasteiger partial charge on any atom is -0.475 e. The Hall–Kier alpha value is -3.30. The van der Waals surface area contributed by atoms with Crippen LogP contribution in [0.5, 0.6) is 0 Å². The molecule has 3 N–H and O–H groups in total. The first-order valence-electron chi connectivity index (χ1n) is 10.7. The number of carboxylic acids is 1. The Morgan fingerprint density at radius 1 is 1.13 bits per heavy atom. The molecule has 1 unspecified atom stereocenters. The molecular formula is C21H17Cl2F5N6O4. The second kappa shape index (κ2) is 10.1. The predicted octanol–water partition coefficient (Wildman–Crippen LogP) is 3.70. The van der Waals surface area contributed by atoms with Crippen molar-refractivity contribution in [2.45, 2.75) is 18.0 Å². The summed E-state index contributed by atoms with van der Waals surface area (Å²) in [6.07, 6.45) is -2.12. The predicted molar refractivity (Wildman–Crippen MR) is 120 cm³/mol. The number of likely N-dealkylation sites (tertiary alicyclic amines) is 1. The van der Waals surface area contributed by atoms with E-state index in [0.29, 0.717) is 25.2 Å². The van der Waals surface area contributed by atoms with Gasteiger partial charge in [0.2, 0.25) is 5.89 Å². The summed E-state index contributed by atoms with van der Waals surface area (Å²) in [7, 11) is 0. The van der Waals surface area contributed by atoms with E-state index < -0.39 is 29.5 Å². The summed E-state index contributed by atoms with van der Waals surface area (Å²) >= 11 is 11.7. The maximum Gasteiger partial charge on any atom is 0.490 e. The molecule has 2 saturated heterocycles. The maximum absolute atomic E-state index is 15.0. The normalized spacial score (nSPS) is 18.6. The highest BCUT2D eigenvalue weighted by Crippen LogP contribution is 2.47. The lowest BCUT2D eigenvalue weighted by Gasteiger charge is -2.42. The van der Waals surface area contributed by atoms with Crippen LogP contribution in [0.15, 0.2) is 35.0 Å². The van der Waals surface area contributed by atoms with Crippen molar-refractivity contribution < 1.29 is 41.1 Å². The molecule has 0 aliphatic carbocycles. The Morgan fingerprint density at radius 2 is 1.82 bits per heavy atom. The average Bonchev–Trinajstić information content (AvgIpc) is 3.58.